The Morgan fingerprint density at radius 1 is 1.12 bits per heavy atom. The van der Waals surface area contributed by atoms with E-state index in [0.29, 0.717) is 22.8 Å². The van der Waals surface area contributed by atoms with Crippen LogP contribution >= 0.6 is 11.9 Å². The number of pyridine rings is 1. The lowest BCUT2D eigenvalue weighted by Gasteiger charge is -2.14. The first-order valence-electron chi connectivity index (χ1n) is 10.0. The summed E-state index contributed by atoms with van der Waals surface area (Å²) in [4.78, 5) is 5.29. The summed E-state index contributed by atoms with van der Waals surface area (Å²) in [6, 6.07) is 11.9. The topological polar surface area (TPSA) is 60.3 Å². The first-order valence-corrected chi connectivity index (χ1v) is 10.8. The Morgan fingerprint density at radius 3 is 2.65 bits per heavy atom. The van der Waals surface area contributed by atoms with E-state index in [1.807, 2.05) is 29.3 Å². The van der Waals surface area contributed by atoms with Crippen molar-refractivity contribution >= 4 is 34.4 Å². The largest absolute Gasteiger partial charge is 0.573 e. The first-order chi connectivity index (χ1) is 16.3. The molecule has 0 amide bonds. The van der Waals surface area contributed by atoms with Crippen LogP contribution in [0, 0.1) is 5.82 Å². The van der Waals surface area contributed by atoms with Gasteiger partial charge in [0.05, 0.1) is 35.7 Å². The van der Waals surface area contributed by atoms with Gasteiger partial charge in [0.2, 0.25) is 0 Å². The van der Waals surface area contributed by atoms with Crippen LogP contribution in [0.25, 0.3) is 11.0 Å². The van der Waals surface area contributed by atoms with Crippen LogP contribution < -0.4 is 20.1 Å². The van der Waals surface area contributed by atoms with Crippen molar-refractivity contribution in [3.63, 3.8) is 0 Å². The molecule has 0 spiro atoms. The summed E-state index contributed by atoms with van der Waals surface area (Å²) in [5, 5.41) is 6.23. The molecule has 2 aromatic heterocycles. The van der Waals surface area contributed by atoms with E-state index >= 15 is 0 Å². The van der Waals surface area contributed by atoms with Gasteiger partial charge in [-0.3, -0.25) is 8.96 Å². The van der Waals surface area contributed by atoms with E-state index in [1.165, 1.54) is 43.3 Å². The summed E-state index contributed by atoms with van der Waals surface area (Å²) in [5.41, 5.74) is 3.53. The zero-order valence-electron chi connectivity index (χ0n) is 18.1. The number of rotatable bonds is 8. The lowest BCUT2D eigenvalue weighted by Crippen LogP contribution is -2.17. The van der Waals surface area contributed by atoms with Gasteiger partial charge >= 0.3 is 6.36 Å². The van der Waals surface area contributed by atoms with Gasteiger partial charge in [0.25, 0.3) is 0 Å². The average molecular weight is 492 g/mol. The molecule has 0 radical (unpaired) electrons. The summed E-state index contributed by atoms with van der Waals surface area (Å²) in [7, 11) is 3.18. The molecule has 2 heterocycles. The summed E-state index contributed by atoms with van der Waals surface area (Å²) in [6.07, 6.45) is -1.25. The maximum Gasteiger partial charge on any atom is 0.573 e. The van der Waals surface area contributed by atoms with Crippen LogP contribution in [0.4, 0.5) is 28.9 Å². The number of benzene rings is 2. The molecule has 0 aliphatic heterocycles. The zero-order chi connectivity index (χ0) is 24.3. The molecule has 4 rings (SSSR count). The van der Waals surface area contributed by atoms with Crippen LogP contribution in [0.15, 0.2) is 65.8 Å². The third-order valence-electron chi connectivity index (χ3n) is 4.73. The molecule has 0 fully saturated rings. The standard InChI is InChI=1S/C23H20F4N4O2S/c1-28-11-14-13-31(34-18-5-3-4-15(24)8-18)20-9-16(12-29-22(14)20)30-19-7-6-17(10-21(19)32-2)33-23(25,26)27/h3-10,12-13,28,30H,11H2,1-2H3. The smallest absolute Gasteiger partial charge is 0.494 e. The minimum absolute atomic E-state index is 0.169. The highest BCUT2D eigenvalue weighted by atomic mass is 32.2. The van der Waals surface area contributed by atoms with Gasteiger partial charge < -0.3 is 20.1 Å². The van der Waals surface area contributed by atoms with Crippen molar-refractivity contribution in [3.05, 3.63) is 72.3 Å². The van der Waals surface area contributed by atoms with Gasteiger partial charge in [0, 0.05) is 29.3 Å². The summed E-state index contributed by atoms with van der Waals surface area (Å²) >= 11 is 1.34. The minimum Gasteiger partial charge on any atom is -0.494 e. The zero-order valence-corrected chi connectivity index (χ0v) is 18.9. The van der Waals surface area contributed by atoms with Gasteiger partial charge in [0.1, 0.15) is 17.3 Å². The summed E-state index contributed by atoms with van der Waals surface area (Å²) in [6.45, 7) is 0.585. The van der Waals surface area contributed by atoms with Gasteiger partial charge in [-0.2, -0.15) is 0 Å². The van der Waals surface area contributed by atoms with E-state index < -0.39 is 6.36 Å². The molecule has 0 aliphatic carbocycles. The second kappa shape index (κ2) is 9.82. The summed E-state index contributed by atoms with van der Waals surface area (Å²) < 4.78 is 62.3. The third-order valence-corrected chi connectivity index (χ3v) is 5.70. The number of aromatic nitrogens is 2. The number of anilines is 2. The van der Waals surface area contributed by atoms with Crippen molar-refractivity contribution in [1.29, 1.82) is 0 Å². The Hall–Kier alpha value is -3.44. The highest BCUT2D eigenvalue weighted by molar-refractivity contribution is 7.98. The van der Waals surface area contributed by atoms with Crippen LogP contribution in [0.3, 0.4) is 0 Å². The Balaban J connectivity index is 1.67. The number of nitrogens with zero attached hydrogens (tertiary/aromatic N) is 2. The number of ether oxygens (including phenoxy) is 2. The SMILES string of the molecule is CNCc1cn(Sc2cccc(F)c2)c2cc(Nc3ccc(OC(F)(F)F)cc3OC)cnc12. The second-order valence-electron chi connectivity index (χ2n) is 7.19. The number of alkyl halides is 3. The molecule has 34 heavy (non-hydrogen) atoms. The monoisotopic (exact) mass is 492 g/mol. The molecule has 0 saturated carbocycles. The fourth-order valence-electron chi connectivity index (χ4n) is 3.37. The first kappa shape index (κ1) is 23.7. The lowest BCUT2D eigenvalue weighted by molar-refractivity contribution is -0.274. The number of hydrogen-bond acceptors (Lipinski definition) is 6. The predicted molar refractivity (Wildman–Crippen MR) is 123 cm³/mol. The molecular weight excluding hydrogens is 472 g/mol. The van der Waals surface area contributed by atoms with E-state index in [2.05, 4.69) is 20.4 Å². The quantitative estimate of drug-likeness (QED) is 0.290. The van der Waals surface area contributed by atoms with Gasteiger partial charge in [-0.15, -0.1) is 13.2 Å². The van der Waals surface area contributed by atoms with Crippen LogP contribution in [0.5, 0.6) is 11.5 Å². The maximum atomic E-state index is 13.7. The van der Waals surface area contributed by atoms with Gasteiger partial charge in [-0.05, 0) is 55.4 Å². The lowest BCUT2D eigenvalue weighted by atomic mass is 10.2. The predicted octanol–water partition coefficient (Wildman–Crippen LogP) is 6.10. The minimum atomic E-state index is -4.80. The molecule has 0 bridgehead atoms. The molecule has 2 N–H and O–H groups in total. The van der Waals surface area contributed by atoms with Crippen LogP contribution in [-0.2, 0) is 6.54 Å². The number of nitrogens with one attached hydrogen (secondary N) is 2. The van der Waals surface area contributed by atoms with Crippen LogP contribution in [0.1, 0.15) is 5.56 Å². The maximum absolute atomic E-state index is 13.7. The van der Waals surface area contributed by atoms with Gasteiger partial charge in [0.15, 0.2) is 0 Å². The van der Waals surface area contributed by atoms with Gasteiger partial charge in [-0.25, -0.2) is 4.39 Å². The van der Waals surface area contributed by atoms with E-state index in [0.717, 1.165) is 22.7 Å². The Labute approximate surface area is 197 Å². The molecule has 2 aromatic carbocycles. The number of methoxy groups -OCH3 is 1. The second-order valence-corrected chi connectivity index (χ2v) is 8.23. The normalized spacial score (nSPS) is 11.6. The molecule has 6 nitrogen and oxygen atoms in total. The highest BCUT2D eigenvalue weighted by Gasteiger charge is 2.31. The van der Waals surface area contributed by atoms with Gasteiger partial charge in [-0.1, -0.05) is 6.07 Å². The molecular formula is C23H20F4N4O2S. The number of halogens is 4. The molecule has 0 atom stereocenters. The molecule has 178 valence electrons. The van der Waals surface area contributed by atoms with E-state index in [4.69, 9.17) is 4.74 Å². The van der Waals surface area contributed by atoms with Crippen molar-refractivity contribution in [3.8, 4) is 11.5 Å². The Kier molecular flexibility index (Phi) is 6.85. The van der Waals surface area contributed by atoms with E-state index in [1.54, 1.807) is 12.3 Å². The van der Waals surface area contributed by atoms with E-state index in [-0.39, 0.29) is 17.3 Å². The average Bonchev–Trinajstić information content (AvgIpc) is 3.10. The number of fused-ring (bicyclic) bond motifs is 1. The fraction of sp³-hybridized carbons (Fsp3) is 0.174. The van der Waals surface area contributed by atoms with Crippen molar-refractivity contribution < 1.29 is 27.0 Å². The molecule has 0 aliphatic rings. The Bertz CT molecular complexity index is 1310. The van der Waals surface area contributed by atoms with E-state index in [9.17, 15) is 17.6 Å². The van der Waals surface area contributed by atoms with Crippen LogP contribution in [-0.4, -0.2) is 29.5 Å². The third kappa shape index (κ3) is 5.54. The molecule has 0 saturated heterocycles. The van der Waals surface area contributed by atoms with Crippen LogP contribution in [0.2, 0.25) is 0 Å². The molecule has 4 aromatic rings. The van der Waals surface area contributed by atoms with Crippen molar-refractivity contribution in [1.82, 2.24) is 14.3 Å². The van der Waals surface area contributed by atoms with Crippen molar-refractivity contribution in [2.24, 2.45) is 0 Å². The van der Waals surface area contributed by atoms with Crippen molar-refractivity contribution in [2.45, 2.75) is 17.8 Å². The van der Waals surface area contributed by atoms with Crippen molar-refractivity contribution in [2.75, 3.05) is 19.5 Å². The fourth-order valence-corrected chi connectivity index (χ4v) is 4.32. The summed E-state index contributed by atoms with van der Waals surface area (Å²) in [5.74, 6) is -0.551. The Morgan fingerprint density at radius 2 is 1.94 bits per heavy atom. The number of hydrogen-bond donors (Lipinski definition) is 2. The highest BCUT2D eigenvalue weighted by Crippen LogP contribution is 2.35. The molecule has 11 heteroatoms. The molecule has 0 unspecified atom stereocenters.